The lowest BCUT2D eigenvalue weighted by Crippen LogP contribution is -2.42. The number of amides is 2. The van der Waals surface area contributed by atoms with Crippen LogP contribution >= 0.6 is 0 Å². The van der Waals surface area contributed by atoms with Crippen LogP contribution in [0.2, 0.25) is 0 Å². The van der Waals surface area contributed by atoms with Crippen molar-refractivity contribution in [3.05, 3.63) is 35.5 Å². The van der Waals surface area contributed by atoms with Gasteiger partial charge in [0.1, 0.15) is 11.4 Å². The van der Waals surface area contributed by atoms with Gasteiger partial charge in [0.25, 0.3) is 11.8 Å². The quantitative estimate of drug-likeness (QED) is 0.564. The molecule has 0 aromatic heterocycles. The number of hydrogen-bond donors (Lipinski definition) is 1. The Morgan fingerprint density at radius 3 is 2.52 bits per heavy atom. The summed E-state index contributed by atoms with van der Waals surface area (Å²) in [5.41, 5.74) is 1.68. The molecule has 1 aromatic rings. The van der Waals surface area contributed by atoms with E-state index in [2.05, 4.69) is 4.90 Å². The molecule has 1 N–H and O–H groups in total. The average Bonchev–Trinajstić information content (AvgIpc) is 3.10. The molecule has 3 aliphatic rings. The number of hydrogen-bond acceptors (Lipinski definition) is 7. The van der Waals surface area contributed by atoms with Gasteiger partial charge in [0.15, 0.2) is 0 Å². The zero-order valence-corrected chi connectivity index (χ0v) is 19.5. The first-order chi connectivity index (χ1) is 16.1. The van der Waals surface area contributed by atoms with E-state index in [9.17, 15) is 14.7 Å². The van der Waals surface area contributed by atoms with Gasteiger partial charge in [-0.2, -0.15) is 0 Å². The Hall–Kier alpha value is -2.42. The van der Waals surface area contributed by atoms with Gasteiger partial charge in [-0.15, -0.1) is 0 Å². The molecule has 4 rings (SSSR count). The van der Waals surface area contributed by atoms with Crippen molar-refractivity contribution in [3.63, 3.8) is 0 Å². The summed E-state index contributed by atoms with van der Waals surface area (Å²) in [5.74, 6) is 0.406. The van der Waals surface area contributed by atoms with E-state index in [0.717, 1.165) is 63.4 Å². The normalized spacial score (nSPS) is 22.4. The van der Waals surface area contributed by atoms with Crippen LogP contribution < -0.4 is 4.74 Å². The fourth-order valence-electron chi connectivity index (χ4n) is 4.90. The van der Waals surface area contributed by atoms with Gasteiger partial charge in [-0.1, -0.05) is 12.1 Å². The van der Waals surface area contributed by atoms with Crippen LogP contribution in [0.25, 0.3) is 5.57 Å². The van der Waals surface area contributed by atoms with E-state index in [1.165, 1.54) is 4.90 Å². The Balaban J connectivity index is 1.55. The maximum absolute atomic E-state index is 13.5. The number of carbonyl (C=O) groups excluding carboxylic acids is 2. The molecular weight excluding hydrogens is 422 g/mol. The molecule has 1 unspecified atom stereocenters. The summed E-state index contributed by atoms with van der Waals surface area (Å²) in [4.78, 5) is 32.8. The minimum absolute atomic E-state index is 0.0908. The molecule has 1 aromatic carbocycles. The van der Waals surface area contributed by atoms with E-state index in [1.54, 1.807) is 0 Å². The van der Waals surface area contributed by atoms with Gasteiger partial charge in [-0.25, -0.2) is 0 Å². The first kappa shape index (κ1) is 23.7. The maximum atomic E-state index is 13.5. The van der Waals surface area contributed by atoms with Crippen LogP contribution in [0.4, 0.5) is 0 Å². The van der Waals surface area contributed by atoms with Crippen molar-refractivity contribution < 1.29 is 24.2 Å². The molecule has 0 saturated carbocycles. The number of ether oxygens (including phenoxy) is 2. The molecule has 2 saturated heterocycles. The van der Waals surface area contributed by atoms with Crippen LogP contribution in [0.3, 0.4) is 0 Å². The van der Waals surface area contributed by atoms with E-state index in [0.29, 0.717) is 37.5 Å². The number of piperidine rings is 1. The van der Waals surface area contributed by atoms with Gasteiger partial charge in [0.05, 0.1) is 25.4 Å². The predicted octanol–water partition coefficient (Wildman–Crippen LogP) is 1.59. The zero-order valence-electron chi connectivity index (χ0n) is 19.5. The maximum Gasteiger partial charge on any atom is 0.277 e. The summed E-state index contributed by atoms with van der Waals surface area (Å²) in [6.07, 6.45) is 2.56. The van der Waals surface area contributed by atoms with Crippen LogP contribution in [-0.2, 0) is 14.3 Å². The molecule has 0 radical (unpaired) electrons. The molecule has 33 heavy (non-hydrogen) atoms. The number of benzene rings is 1. The summed E-state index contributed by atoms with van der Waals surface area (Å²) in [6.45, 7) is 8.37. The Bertz CT molecular complexity index is 863. The molecule has 0 bridgehead atoms. The average molecular weight is 458 g/mol. The smallest absolute Gasteiger partial charge is 0.277 e. The molecule has 2 fully saturated rings. The van der Waals surface area contributed by atoms with Crippen molar-refractivity contribution in [3.8, 4) is 5.75 Å². The minimum Gasteiger partial charge on any atom is -0.494 e. The lowest BCUT2D eigenvalue weighted by atomic mass is 9.97. The van der Waals surface area contributed by atoms with E-state index in [1.807, 2.05) is 36.1 Å². The van der Waals surface area contributed by atoms with Gasteiger partial charge in [-0.05, 0) is 49.8 Å². The van der Waals surface area contributed by atoms with Crippen molar-refractivity contribution in [2.24, 2.45) is 5.92 Å². The van der Waals surface area contributed by atoms with Crippen LogP contribution in [0.1, 0.15) is 31.7 Å². The fraction of sp³-hybridized carbons (Fsp3) is 0.600. The number of carbonyl (C=O) groups is 2. The van der Waals surface area contributed by atoms with Crippen molar-refractivity contribution in [1.29, 1.82) is 0 Å². The molecule has 0 aliphatic carbocycles. The number of rotatable bonds is 9. The highest BCUT2D eigenvalue weighted by Gasteiger charge is 2.42. The number of likely N-dealkylation sites (tertiary alicyclic amines) is 1. The Morgan fingerprint density at radius 1 is 1.06 bits per heavy atom. The molecule has 8 heteroatoms. The molecule has 2 amide bonds. The van der Waals surface area contributed by atoms with Gasteiger partial charge in [-0.3, -0.25) is 19.4 Å². The monoisotopic (exact) mass is 457 g/mol. The Kier molecular flexibility index (Phi) is 8.01. The first-order valence-electron chi connectivity index (χ1n) is 12.1. The topological polar surface area (TPSA) is 82.6 Å². The molecular formula is C25H35N3O5. The van der Waals surface area contributed by atoms with E-state index in [4.69, 9.17) is 9.47 Å². The molecule has 8 nitrogen and oxygen atoms in total. The largest absolute Gasteiger partial charge is 0.494 e. The van der Waals surface area contributed by atoms with Gasteiger partial charge >= 0.3 is 0 Å². The standard InChI is InChI=1S/C25H35N3O5/c1-2-33-21-8-6-20(7-9-21)22-23(27-11-3-5-19(17-27)18-29)25(31)28(24(22)30)12-4-10-26-13-15-32-16-14-26/h6-9,19,29H,2-5,10-18H2,1H3. The summed E-state index contributed by atoms with van der Waals surface area (Å²) in [6, 6.07) is 7.40. The zero-order chi connectivity index (χ0) is 23.2. The van der Waals surface area contributed by atoms with Crippen LogP contribution in [-0.4, -0.2) is 97.3 Å². The summed E-state index contributed by atoms with van der Waals surface area (Å²) in [5, 5.41) is 9.69. The molecule has 1 atom stereocenters. The second kappa shape index (κ2) is 11.1. The Labute approximate surface area is 195 Å². The van der Waals surface area contributed by atoms with Gasteiger partial charge in [0, 0.05) is 45.9 Å². The first-order valence-corrected chi connectivity index (χ1v) is 12.1. The third-order valence-corrected chi connectivity index (χ3v) is 6.65. The van der Waals surface area contributed by atoms with Crippen molar-refractivity contribution in [2.45, 2.75) is 26.2 Å². The lowest BCUT2D eigenvalue weighted by molar-refractivity contribution is -0.137. The van der Waals surface area contributed by atoms with Crippen molar-refractivity contribution >= 4 is 17.4 Å². The highest BCUT2D eigenvalue weighted by atomic mass is 16.5. The van der Waals surface area contributed by atoms with Crippen LogP contribution in [0.15, 0.2) is 30.0 Å². The van der Waals surface area contributed by atoms with Crippen molar-refractivity contribution in [2.75, 3.05) is 65.7 Å². The van der Waals surface area contributed by atoms with Crippen molar-refractivity contribution in [1.82, 2.24) is 14.7 Å². The van der Waals surface area contributed by atoms with E-state index >= 15 is 0 Å². The lowest BCUT2D eigenvalue weighted by Gasteiger charge is -2.34. The highest BCUT2D eigenvalue weighted by Crippen LogP contribution is 2.34. The second-order valence-corrected chi connectivity index (χ2v) is 8.89. The van der Waals surface area contributed by atoms with Gasteiger partial charge in [0.2, 0.25) is 0 Å². The Morgan fingerprint density at radius 2 is 1.82 bits per heavy atom. The van der Waals surface area contributed by atoms with E-state index < -0.39 is 0 Å². The molecule has 3 heterocycles. The summed E-state index contributed by atoms with van der Waals surface area (Å²) in [7, 11) is 0. The number of imide groups is 1. The summed E-state index contributed by atoms with van der Waals surface area (Å²) < 4.78 is 10.9. The number of morpholine rings is 1. The molecule has 3 aliphatic heterocycles. The summed E-state index contributed by atoms with van der Waals surface area (Å²) >= 11 is 0. The SMILES string of the molecule is CCOc1ccc(C2=C(N3CCCC(CO)C3)C(=O)N(CCCN3CCOCC3)C2=O)cc1. The molecule has 0 spiro atoms. The van der Waals surface area contributed by atoms with Gasteiger partial charge < -0.3 is 19.5 Å². The number of aliphatic hydroxyl groups excluding tert-OH is 1. The fourth-order valence-corrected chi connectivity index (χ4v) is 4.90. The third kappa shape index (κ3) is 5.39. The number of aliphatic hydroxyl groups is 1. The number of nitrogens with zero attached hydrogens (tertiary/aromatic N) is 3. The van der Waals surface area contributed by atoms with E-state index in [-0.39, 0.29) is 24.3 Å². The molecule has 180 valence electrons. The van der Waals surface area contributed by atoms with Crippen LogP contribution in [0, 0.1) is 5.92 Å². The third-order valence-electron chi connectivity index (χ3n) is 6.65. The predicted molar refractivity (Wildman–Crippen MR) is 125 cm³/mol. The van der Waals surface area contributed by atoms with Crippen LogP contribution in [0.5, 0.6) is 5.75 Å². The minimum atomic E-state index is -0.229. The second-order valence-electron chi connectivity index (χ2n) is 8.89. The highest BCUT2D eigenvalue weighted by molar-refractivity contribution is 6.35.